The van der Waals surface area contributed by atoms with E-state index in [0.717, 1.165) is 27.8 Å². The molecule has 0 saturated heterocycles. The highest BCUT2D eigenvalue weighted by Gasteiger charge is 2.32. The van der Waals surface area contributed by atoms with Crippen molar-refractivity contribution in [2.24, 2.45) is 0 Å². The number of ether oxygens (including phenoxy) is 1. The van der Waals surface area contributed by atoms with E-state index in [1.807, 2.05) is 26.8 Å². The second kappa shape index (κ2) is 4.57. The smallest absolute Gasteiger partial charge is 0.304 e. The molecule has 1 aliphatic heterocycles. The third kappa shape index (κ3) is 2.53. The van der Waals surface area contributed by atoms with Crippen LogP contribution in [0.4, 0.5) is 0 Å². The average molecular weight is 313 g/mol. The predicted molar refractivity (Wildman–Crippen MR) is 73.2 cm³/mol. The van der Waals surface area contributed by atoms with Gasteiger partial charge >= 0.3 is 5.97 Å². The first-order valence-electron chi connectivity index (χ1n) is 6.01. The first-order valence-corrected chi connectivity index (χ1v) is 6.80. The van der Waals surface area contributed by atoms with E-state index in [1.165, 1.54) is 0 Å². The Morgan fingerprint density at radius 2 is 2.22 bits per heavy atom. The monoisotopic (exact) mass is 312 g/mol. The second-order valence-corrected chi connectivity index (χ2v) is 6.44. The molecule has 1 atom stereocenters. The van der Waals surface area contributed by atoms with Crippen molar-refractivity contribution in [1.82, 2.24) is 0 Å². The van der Waals surface area contributed by atoms with Crippen molar-refractivity contribution in [3.63, 3.8) is 0 Å². The highest BCUT2D eigenvalue weighted by Crippen LogP contribution is 2.42. The maximum absolute atomic E-state index is 11.0. The minimum Gasteiger partial charge on any atom is -0.490 e. The van der Waals surface area contributed by atoms with Crippen molar-refractivity contribution in [2.45, 2.75) is 45.1 Å². The van der Waals surface area contributed by atoms with Crippen LogP contribution in [0.5, 0.6) is 5.75 Å². The van der Waals surface area contributed by atoms with Gasteiger partial charge in [0.05, 0.1) is 6.42 Å². The Morgan fingerprint density at radius 1 is 1.56 bits per heavy atom. The summed E-state index contributed by atoms with van der Waals surface area (Å²) < 4.78 is 6.83. The molecule has 1 aliphatic rings. The average Bonchev–Trinajstić information content (AvgIpc) is 2.54. The molecule has 0 aromatic heterocycles. The van der Waals surface area contributed by atoms with E-state index in [4.69, 9.17) is 9.84 Å². The summed E-state index contributed by atoms with van der Waals surface area (Å²) in [6, 6.07) is 4.03. The number of aliphatic carboxylic acids is 1. The number of rotatable bonds is 3. The number of halogens is 1. The van der Waals surface area contributed by atoms with Gasteiger partial charge in [0.15, 0.2) is 0 Å². The molecular formula is C14H17BrO3. The topological polar surface area (TPSA) is 46.5 Å². The van der Waals surface area contributed by atoms with E-state index in [-0.39, 0.29) is 12.5 Å². The van der Waals surface area contributed by atoms with Gasteiger partial charge in [-0.25, -0.2) is 0 Å². The van der Waals surface area contributed by atoms with Crippen molar-refractivity contribution in [3.05, 3.63) is 27.7 Å². The van der Waals surface area contributed by atoms with Gasteiger partial charge in [0.2, 0.25) is 0 Å². The zero-order chi connectivity index (χ0) is 13.5. The summed E-state index contributed by atoms with van der Waals surface area (Å²) in [6.07, 6.45) is 1.13. The van der Waals surface area contributed by atoms with Crippen LogP contribution in [0.3, 0.4) is 0 Å². The Hall–Kier alpha value is -1.03. The van der Waals surface area contributed by atoms with E-state index >= 15 is 0 Å². The SMILES string of the molecule is CC1Cc2cc(Br)cc(C(C)(C)CC(=O)O)c2O1. The fourth-order valence-electron chi connectivity index (χ4n) is 2.47. The van der Waals surface area contributed by atoms with E-state index in [2.05, 4.69) is 22.0 Å². The highest BCUT2D eigenvalue weighted by molar-refractivity contribution is 9.10. The van der Waals surface area contributed by atoms with Crippen LogP contribution >= 0.6 is 15.9 Å². The molecule has 1 aromatic carbocycles. The van der Waals surface area contributed by atoms with Crippen LogP contribution in [-0.4, -0.2) is 17.2 Å². The van der Waals surface area contributed by atoms with Gasteiger partial charge in [0.1, 0.15) is 11.9 Å². The number of benzene rings is 1. The number of hydrogen-bond acceptors (Lipinski definition) is 2. The quantitative estimate of drug-likeness (QED) is 0.928. The first-order chi connectivity index (χ1) is 8.29. The molecule has 0 fully saturated rings. The lowest BCUT2D eigenvalue weighted by Gasteiger charge is -2.25. The minimum absolute atomic E-state index is 0.0909. The van der Waals surface area contributed by atoms with Crippen LogP contribution in [-0.2, 0) is 16.6 Å². The molecule has 1 heterocycles. The zero-order valence-corrected chi connectivity index (χ0v) is 12.4. The third-order valence-corrected chi connectivity index (χ3v) is 3.74. The summed E-state index contributed by atoms with van der Waals surface area (Å²) in [7, 11) is 0. The van der Waals surface area contributed by atoms with Gasteiger partial charge in [-0.3, -0.25) is 4.79 Å². The molecule has 1 N–H and O–H groups in total. The van der Waals surface area contributed by atoms with Crippen LogP contribution in [0.1, 0.15) is 38.3 Å². The molecule has 0 spiro atoms. The molecule has 4 heteroatoms. The van der Waals surface area contributed by atoms with Gasteiger partial charge in [0.25, 0.3) is 0 Å². The number of hydrogen-bond donors (Lipinski definition) is 1. The molecule has 3 nitrogen and oxygen atoms in total. The van der Waals surface area contributed by atoms with Gasteiger partial charge in [-0.05, 0) is 24.6 Å². The molecule has 0 amide bonds. The lowest BCUT2D eigenvalue weighted by atomic mass is 9.80. The van der Waals surface area contributed by atoms with Gasteiger partial charge in [-0.1, -0.05) is 29.8 Å². The molecule has 0 bridgehead atoms. The van der Waals surface area contributed by atoms with Crippen molar-refractivity contribution >= 4 is 21.9 Å². The molecule has 98 valence electrons. The Bertz CT molecular complexity index is 494. The van der Waals surface area contributed by atoms with Crippen molar-refractivity contribution < 1.29 is 14.6 Å². The van der Waals surface area contributed by atoms with Crippen LogP contribution < -0.4 is 4.74 Å². The van der Waals surface area contributed by atoms with Crippen molar-refractivity contribution in [1.29, 1.82) is 0 Å². The Kier molecular flexibility index (Phi) is 3.41. The summed E-state index contributed by atoms with van der Waals surface area (Å²) in [5, 5.41) is 9.03. The lowest BCUT2D eigenvalue weighted by molar-refractivity contribution is -0.138. The number of carboxylic acids is 1. The van der Waals surface area contributed by atoms with Gasteiger partial charge in [-0.15, -0.1) is 0 Å². The predicted octanol–water partition coefficient (Wildman–Crippen LogP) is 3.52. The molecule has 0 aliphatic carbocycles. The molecule has 1 unspecified atom stereocenters. The summed E-state index contributed by atoms with van der Waals surface area (Å²) in [5.41, 5.74) is 1.69. The Balaban J connectivity index is 2.48. The summed E-state index contributed by atoms with van der Waals surface area (Å²) in [6.45, 7) is 5.91. The van der Waals surface area contributed by atoms with Crippen LogP contribution in [0, 0.1) is 0 Å². The largest absolute Gasteiger partial charge is 0.490 e. The van der Waals surface area contributed by atoms with Crippen LogP contribution in [0.15, 0.2) is 16.6 Å². The summed E-state index contributed by atoms with van der Waals surface area (Å²) in [4.78, 5) is 11.0. The fourth-order valence-corrected chi connectivity index (χ4v) is 2.97. The van der Waals surface area contributed by atoms with Gasteiger partial charge < -0.3 is 9.84 Å². The van der Waals surface area contributed by atoms with E-state index in [0.29, 0.717) is 0 Å². The van der Waals surface area contributed by atoms with Crippen molar-refractivity contribution in [2.75, 3.05) is 0 Å². The zero-order valence-electron chi connectivity index (χ0n) is 10.8. The summed E-state index contributed by atoms with van der Waals surface area (Å²) >= 11 is 3.49. The molecule has 1 aromatic rings. The molecule has 2 rings (SSSR count). The normalized spacial score (nSPS) is 18.3. The molecule has 0 radical (unpaired) electrons. The second-order valence-electron chi connectivity index (χ2n) is 5.53. The van der Waals surface area contributed by atoms with E-state index in [1.54, 1.807) is 0 Å². The standard InChI is InChI=1S/C14H17BrO3/c1-8-4-9-5-10(15)6-11(13(9)18-8)14(2,3)7-12(16)17/h5-6,8H,4,7H2,1-3H3,(H,16,17). The molecular weight excluding hydrogens is 296 g/mol. The maximum atomic E-state index is 11.0. The first kappa shape index (κ1) is 13.4. The third-order valence-electron chi connectivity index (χ3n) is 3.28. The molecule has 18 heavy (non-hydrogen) atoms. The van der Waals surface area contributed by atoms with Crippen LogP contribution in [0.25, 0.3) is 0 Å². The number of fused-ring (bicyclic) bond motifs is 1. The van der Waals surface area contributed by atoms with Gasteiger partial charge in [-0.2, -0.15) is 0 Å². The van der Waals surface area contributed by atoms with Crippen LogP contribution in [0.2, 0.25) is 0 Å². The van der Waals surface area contributed by atoms with Crippen molar-refractivity contribution in [3.8, 4) is 5.75 Å². The number of carbonyl (C=O) groups is 1. The molecule has 0 saturated carbocycles. The fraction of sp³-hybridized carbons (Fsp3) is 0.500. The Morgan fingerprint density at radius 3 is 2.83 bits per heavy atom. The van der Waals surface area contributed by atoms with E-state index < -0.39 is 11.4 Å². The number of carboxylic acid groups (broad SMARTS) is 1. The summed E-state index contributed by atoms with van der Waals surface area (Å²) in [5.74, 6) is 0.0803. The maximum Gasteiger partial charge on any atom is 0.304 e. The van der Waals surface area contributed by atoms with Gasteiger partial charge in [0, 0.05) is 21.9 Å². The van der Waals surface area contributed by atoms with E-state index in [9.17, 15) is 4.79 Å². The lowest BCUT2D eigenvalue weighted by Crippen LogP contribution is -2.22. The Labute approximate surface area is 115 Å². The minimum atomic E-state index is -0.792. The highest BCUT2D eigenvalue weighted by atomic mass is 79.9.